The van der Waals surface area contributed by atoms with Gasteiger partial charge in [0, 0.05) is 11.0 Å². The topological polar surface area (TPSA) is 74.7 Å². The van der Waals surface area contributed by atoms with Crippen LogP contribution in [0.25, 0.3) is 0 Å². The third kappa shape index (κ3) is 2.22. The number of anilines is 1. The molecule has 1 aliphatic heterocycles. The number of nitrogens with zero attached hydrogens (tertiary/aromatic N) is 1. The Hall–Kier alpha value is -1.76. The van der Waals surface area contributed by atoms with Gasteiger partial charge in [-0.2, -0.15) is 0 Å². The average Bonchev–Trinajstić information content (AvgIpc) is 2.54. The Balaban J connectivity index is 2.51. The molecule has 1 aliphatic rings. The van der Waals surface area contributed by atoms with Crippen molar-refractivity contribution in [2.24, 2.45) is 5.41 Å². The van der Waals surface area contributed by atoms with Gasteiger partial charge in [0.2, 0.25) is 0 Å². The maximum atomic E-state index is 13.3. The van der Waals surface area contributed by atoms with Crippen LogP contribution in [-0.4, -0.2) is 29.3 Å². The predicted octanol–water partition coefficient (Wildman–Crippen LogP) is 2.23. The van der Waals surface area contributed by atoms with Crippen LogP contribution in [0.4, 0.5) is 10.1 Å². The molecule has 0 unspecified atom stereocenters. The van der Waals surface area contributed by atoms with Crippen LogP contribution >= 0.6 is 15.9 Å². The summed E-state index contributed by atoms with van der Waals surface area (Å²) in [6.45, 7) is 2.72. The number of fused-ring (bicyclic) bond motifs is 1. The first-order chi connectivity index (χ1) is 9.15. The van der Waals surface area contributed by atoms with Crippen molar-refractivity contribution >= 4 is 39.3 Å². The van der Waals surface area contributed by atoms with Crippen LogP contribution in [0.2, 0.25) is 0 Å². The van der Waals surface area contributed by atoms with E-state index < -0.39 is 28.9 Å². The quantitative estimate of drug-likeness (QED) is 0.854. The average molecular weight is 344 g/mol. The van der Waals surface area contributed by atoms with E-state index in [1.165, 1.54) is 13.8 Å². The number of hydrogen-bond donors (Lipinski definition) is 1. The number of halogens is 2. The largest absolute Gasteiger partial charge is 0.481 e. The van der Waals surface area contributed by atoms with Crippen molar-refractivity contribution in [3.05, 3.63) is 28.0 Å². The Morgan fingerprint density at radius 2 is 2.00 bits per heavy atom. The van der Waals surface area contributed by atoms with E-state index in [4.69, 9.17) is 5.11 Å². The van der Waals surface area contributed by atoms with Gasteiger partial charge >= 0.3 is 5.97 Å². The van der Waals surface area contributed by atoms with Gasteiger partial charge in [0.1, 0.15) is 5.82 Å². The molecular weight excluding hydrogens is 333 g/mol. The summed E-state index contributed by atoms with van der Waals surface area (Å²) in [4.78, 5) is 36.0. The molecule has 0 atom stereocenters. The Labute approximate surface area is 122 Å². The minimum atomic E-state index is -1.23. The molecule has 106 valence electrons. The lowest BCUT2D eigenvalue weighted by Crippen LogP contribution is -2.42. The monoisotopic (exact) mass is 343 g/mol. The number of carboxylic acid groups (broad SMARTS) is 1. The van der Waals surface area contributed by atoms with Gasteiger partial charge in [-0.25, -0.2) is 4.39 Å². The number of aliphatic carboxylic acids is 1. The van der Waals surface area contributed by atoms with Gasteiger partial charge < -0.3 is 10.0 Å². The Kier molecular flexibility index (Phi) is 3.41. The number of carbonyl (C=O) groups is 3. The highest BCUT2D eigenvalue weighted by molar-refractivity contribution is 9.10. The summed E-state index contributed by atoms with van der Waals surface area (Å²) in [5, 5.41) is 9.12. The third-order valence-corrected chi connectivity index (χ3v) is 3.72. The number of hydrogen-bond acceptors (Lipinski definition) is 3. The minimum absolute atomic E-state index is 0.0527. The summed E-state index contributed by atoms with van der Waals surface area (Å²) in [5.41, 5.74) is -1.07. The van der Waals surface area contributed by atoms with Crippen molar-refractivity contribution in [2.75, 3.05) is 11.4 Å². The summed E-state index contributed by atoms with van der Waals surface area (Å²) in [6, 6.07) is 2.11. The zero-order valence-electron chi connectivity index (χ0n) is 10.7. The maximum absolute atomic E-state index is 13.3. The van der Waals surface area contributed by atoms with Crippen molar-refractivity contribution in [2.45, 2.75) is 13.8 Å². The highest BCUT2D eigenvalue weighted by Gasteiger charge is 2.42. The fourth-order valence-electron chi connectivity index (χ4n) is 1.97. The SMILES string of the molecule is CC(C)(CN1C(=O)C(=O)c2cc(F)cc(Br)c21)C(=O)O. The predicted molar refractivity (Wildman–Crippen MR) is 72.2 cm³/mol. The van der Waals surface area contributed by atoms with Crippen molar-refractivity contribution in [1.82, 2.24) is 0 Å². The van der Waals surface area contributed by atoms with Gasteiger partial charge in [0.15, 0.2) is 0 Å². The van der Waals surface area contributed by atoms with E-state index in [-0.39, 0.29) is 22.3 Å². The van der Waals surface area contributed by atoms with Gasteiger partial charge in [0.05, 0.1) is 16.7 Å². The lowest BCUT2D eigenvalue weighted by Gasteiger charge is -2.26. The number of Topliss-reactive ketones (excluding diaryl/α,β-unsaturated/α-hetero) is 1. The molecule has 0 aromatic heterocycles. The van der Waals surface area contributed by atoms with Crippen LogP contribution in [0.3, 0.4) is 0 Å². The second kappa shape index (κ2) is 4.66. The van der Waals surface area contributed by atoms with Crippen LogP contribution < -0.4 is 4.90 Å². The Morgan fingerprint density at radius 1 is 1.40 bits per heavy atom. The molecule has 2 rings (SSSR count). The minimum Gasteiger partial charge on any atom is -0.481 e. The van der Waals surface area contributed by atoms with Crippen LogP contribution in [0.15, 0.2) is 16.6 Å². The Bertz CT molecular complexity index is 642. The molecule has 0 fully saturated rings. The first-order valence-corrected chi connectivity index (χ1v) is 6.53. The van der Waals surface area contributed by atoms with Crippen molar-refractivity contribution in [1.29, 1.82) is 0 Å². The fourth-order valence-corrected chi connectivity index (χ4v) is 2.61. The second-order valence-electron chi connectivity index (χ2n) is 5.19. The van der Waals surface area contributed by atoms with E-state index in [1.54, 1.807) is 0 Å². The van der Waals surface area contributed by atoms with Gasteiger partial charge in [-0.1, -0.05) is 0 Å². The van der Waals surface area contributed by atoms with Crippen molar-refractivity contribution in [3.63, 3.8) is 0 Å². The fraction of sp³-hybridized carbons (Fsp3) is 0.308. The van der Waals surface area contributed by atoms with Crippen LogP contribution in [0.1, 0.15) is 24.2 Å². The molecule has 0 saturated carbocycles. The first-order valence-electron chi connectivity index (χ1n) is 5.74. The van der Waals surface area contributed by atoms with E-state index in [2.05, 4.69) is 15.9 Å². The zero-order chi connectivity index (χ0) is 15.2. The van der Waals surface area contributed by atoms with Crippen LogP contribution in [-0.2, 0) is 9.59 Å². The normalized spacial score (nSPS) is 14.7. The first kappa shape index (κ1) is 14.6. The van der Waals surface area contributed by atoms with Gasteiger partial charge in [-0.3, -0.25) is 14.4 Å². The molecular formula is C13H11BrFNO4. The number of carboxylic acids is 1. The summed E-state index contributed by atoms with van der Waals surface area (Å²) >= 11 is 3.10. The molecule has 1 aromatic carbocycles. The lowest BCUT2D eigenvalue weighted by molar-refractivity contribution is -0.146. The number of carbonyl (C=O) groups excluding carboxylic acids is 2. The molecule has 1 amide bonds. The van der Waals surface area contributed by atoms with Gasteiger partial charge in [-0.05, 0) is 41.9 Å². The number of amides is 1. The summed E-state index contributed by atoms with van der Waals surface area (Å²) in [7, 11) is 0. The highest BCUT2D eigenvalue weighted by Crippen LogP contribution is 2.38. The van der Waals surface area contributed by atoms with Crippen LogP contribution in [0, 0.1) is 11.2 Å². The molecule has 0 saturated heterocycles. The third-order valence-electron chi connectivity index (χ3n) is 3.11. The van der Waals surface area contributed by atoms with E-state index >= 15 is 0 Å². The zero-order valence-corrected chi connectivity index (χ0v) is 12.3. The van der Waals surface area contributed by atoms with E-state index in [9.17, 15) is 18.8 Å². The molecule has 0 bridgehead atoms. The smallest absolute Gasteiger partial charge is 0.310 e. The molecule has 1 N–H and O–H groups in total. The highest BCUT2D eigenvalue weighted by atomic mass is 79.9. The molecule has 1 heterocycles. The molecule has 1 aromatic rings. The Morgan fingerprint density at radius 3 is 2.55 bits per heavy atom. The maximum Gasteiger partial charge on any atom is 0.310 e. The molecule has 20 heavy (non-hydrogen) atoms. The molecule has 7 heteroatoms. The second-order valence-corrected chi connectivity index (χ2v) is 6.05. The van der Waals surface area contributed by atoms with Gasteiger partial charge in [0.25, 0.3) is 11.7 Å². The van der Waals surface area contributed by atoms with E-state index in [0.29, 0.717) is 0 Å². The molecule has 0 aliphatic carbocycles. The number of rotatable bonds is 3. The van der Waals surface area contributed by atoms with Crippen molar-refractivity contribution < 1.29 is 23.9 Å². The summed E-state index contributed by atoms with van der Waals surface area (Å²) < 4.78 is 13.6. The molecule has 0 radical (unpaired) electrons. The summed E-state index contributed by atoms with van der Waals surface area (Å²) in [6.07, 6.45) is 0. The van der Waals surface area contributed by atoms with Crippen LogP contribution in [0.5, 0.6) is 0 Å². The van der Waals surface area contributed by atoms with E-state index in [1.807, 2.05) is 0 Å². The lowest BCUT2D eigenvalue weighted by atomic mass is 9.93. The van der Waals surface area contributed by atoms with Gasteiger partial charge in [-0.15, -0.1) is 0 Å². The molecule has 5 nitrogen and oxygen atoms in total. The standard InChI is InChI=1S/C13H11BrFNO4/c1-13(2,12(19)20)5-16-9-7(10(17)11(16)18)3-6(15)4-8(9)14/h3-4H,5H2,1-2H3,(H,19,20). The number of benzene rings is 1. The van der Waals surface area contributed by atoms with E-state index in [0.717, 1.165) is 17.0 Å². The number of ketones is 1. The molecule has 0 spiro atoms. The summed E-state index contributed by atoms with van der Waals surface area (Å²) in [5.74, 6) is -3.41. The van der Waals surface area contributed by atoms with Crippen molar-refractivity contribution in [3.8, 4) is 0 Å².